The smallest absolute Gasteiger partial charge is 0.246 e. The number of hydrogen-bond donors (Lipinski definition) is 2. The average molecular weight is 604 g/mol. The maximum atomic E-state index is 14.1. The molecular formula is C33H38ClN5O4. The van der Waals surface area contributed by atoms with Crippen LogP contribution >= 0.6 is 11.6 Å². The van der Waals surface area contributed by atoms with E-state index in [4.69, 9.17) is 17.3 Å². The molecule has 3 N–H and O–H groups in total. The molecule has 0 aliphatic carbocycles. The topological polar surface area (TPSA) is 116 Å². The van der Waals surface area contributed by atoms with Crippen molar-refractivity contribution < 1.29 is 19.2 Å². The van der Waals surface area contributed by atoms with Crippen LogP contribution in [0.4, 0.5) is 0 Å². The van der Waals surface area contributed by atoms with E-state index in [9.17, 15) is 19.2 Å². The quantitative estimate of drug-likeness (QED) is 0.346. The lowest BCUT2D eigenvalue weighted by Gasteiger charge is -2.33. The minimum absolute atomic E-state index is 0.133. The first-order chi connectivity index (χ1) is 20.8. The molecule has 3 aromatic carbocycles. The molecule has 4 amide bonds. The highest BCUT2D eigenvalue weighted by Gasteiger charge is 2.32. The summed E-state index contributed by atoms with van der Waals surface area (Å²) >= 11 is 6.08. The predicted octanol–water partition coefficient (Wildman–Crippen LogP) is 3.01. The summed E-state index contributed by atoms with van der Waals surface area (Å²) in [4.78, 5) is 59.4. The van der Waals surface area contributed by atoms with Gasteiger partial charge in [0.2, 0.25) is 23.6 Å². The standard InChI is InChI=1S/C33H38ClN5O4/c34-28-15-13-27(14-16-28)21-39-24-31(41)37(18-8-7-17-35)23-32(42)38(20-26-11-5-2-6-12-26)22-30(40)36-29(33(39)43)19-25-9-3-1-4-10-25/h1-6,9-16,29H,7-8,17-24,35H2,(H,36,40)/t29-/m0/s1. The van der Waals surface area contributed by atoms with Crippen molar-refractivity contribution >= 4 is 35.2 Å². The third kappa shape index (κ3) is 9.66. The summed E-state index contributed by atoms with van der Waals surface area (Å²) in [6.07, 6.45) is 1.51. The fraction of sp³-hybridized carbons (Fsp3) is 0.333. The summed E-state index contributed by atoms with van der Waals surface area (Å²) in [5, 5.41) is 3.43. The third-order valence-electron chi connectivity index (χ3n) is 7.30. The summed E-state index contributed by atoms with van der Waals surface area (Å²) < 4.78 is 0. The monoisotopic (exact) mass is 603 g/mol. The van der Waals surface area contributed by atoms with Gasteiger partial charge < -0.3 is 25.8 Å². The van der Waals surface area contributed by atoms with Gasteiger partial charge in [-0.25, -0.2) is 0 Å². The van der Waals surface area contributed by atoms with Gasteiger partial charge in [-0.1, -0.05) is 84.4 Å². The summed E-state index contributed by atoms with van der Waals surface area (Å²) in [7, 11) is 0. The van der Waals surface area contributed by atoms with E-state index < -0.39 is 11.9 Å². The molecule has 0 aromatic heterocycles. The van der Waals surface area contributed by atoms with Gasteiger partial charge in [-0.2, -0.15) is 0 Å². The van der Waals surface area contributed by atoms with Gasteiger partial charge in [0, 0.05) is 31.1 Å². The molecule has 1 fully saturated rings. The Bertz CT molecular complexity index is 1370. The van der Waals surface area contributed by atoms with Crippen molar-refractivity contribution in [1.29, 1.82) is 0 Å². The number of carbonyl (C=O) groups excluding carboxylic acids is 4. The molecule has 0 radical (unpaired) electrons. The Morgan fingerprint density at radius 1 is 0.674 bits per heavy atom. The van der Waals surface area contributed by atoms with Gasteiger partial charge in [0.25, 0.3) is 0 Å². The van der Waals surface area contributed by atoms with Crippen LogP contribution in [0.2, 0.25) is 5.02 Å². The molecule has 10 heteroatoms. The van der Waals surface area contributed by atoms with Crippen molar-refractivity contribution in [2.75, 3.05) is 32.7 Å². The molecular weight excluding hydrogens is 566 g/mol. The molecule has 0 unspecified atom stereocenters. The van der Waals surface area contributed by atoms with Gasteiger partial charge in [-0.15, -0.1) is 0 Å². The molecule has 1 aliphatic heterocycles. The highest BCUT2D eigenvalue weighted by molar-refractivity contribution is 6.30. The van der Waals surface area contributed by atoms with Crippen LogP contribution in [0.25, 0.3) is 0 Å². The fourth-order valence-electron chi connectivity index (χ4n) is 5.01. The largest absolute Gasteiger partial charge is 0.342 e. The molecule has 4 rings (SSSR count). The number of carbonyl (C=O) groups is 4. The number of hydrogen-bond acceptors (Lipinski definition) is 5. The Hall–Kier alpha value is -4.21. The molecule has 0 bridgehead atoms. The van der Waals surface area contributed by atoms with Gasteiger partial charge in [0.1, 0.15) is 12.6 Å². The minimum atomic E-state index is -0.950. The molecule has 9 nitrogen and oxygen atoms in total. The summed E-state index contributed by atoms with van der Waals surface area (Å²) in [6, 6.07) is 24.8. The zero-order valence-electron chi connectivity index (χ0n) is 24.2. The lowest BCUT2D eigenvalue weighted by molar-refractivity contribution is -0.148. The van der Waals surface area contributed by atoms with Crippen molar-refractivity contribution in [2.24, 2.45) is 5.73 Å². The first-order valence-corrected chi connectivity index (χ1v) is 14.9. The van der Waals surface area contributed by atoms with Crippen molar-refractivity contribution in [1.82, 2.24) is 20.0 Å². The van der Waals surface area contributed by atoms with Crippen molar-refractivity contribution in [3.8, 4) is 0 Å². The van der Waals surface area contributed by atoms with E-state index in [2.05, 4.69) is 5.32 Å². The van der Waals surface area contributed by atoms with Crippen molar-refractivity contribution in [3.63, 3.8) is 0 Å². The molecule has 1 saturated heterocycles. The lowest BCUT2D eigenvalue weighted by Crippen LogP contribution is -2.56. The van der Waals surface area contributed by atoms with E-state index in [0.29, 0.717) is 31.0 Å². The second kappa shape index (κ2) is 15.9. The Morgan fingerprint density at radius 2 is 1.23 bits per heavy atom. The first-order valence-electron chi connectivity index (χ1n) is 14.5. The minimum Gasteiger partial charge on any atom is -0.342 e. The number of benzene rings is 3. The van der Waals surface area contributed by atoms with Gasteiger partial charge in [0.05, 0.1) is 13.1 Å². The number of amides is 4. The third-order valence-corrected chi connectivity index (χ3v) is 7.56. The lowest BCUT2D eigenvalue weighted by atomic mass is 10.0. The van der Waals surface area contributed by atoms with Crippen LogP contribution in [-0.4, -0.2) is 77.1 Å². The number of nitrogens with one attached hydrogen (secondary N) is 1. The number of nitrogens with two attached hydrogens (primary N) is 1. The Labute approximate surface area is 257 Å². The van der Waals surface area contributed by atoms with Crippen LogP contribution in [0, 0.1) is 0 Å². The number of rotatable bonds is 10. The molecule has 1 atom stereocenters. The number of nitrogens with zero attached hydrogens (tertiary/aromatic N) is 3. The molecule has 226 valence electrons. The Morgan fingerprint density at radius 3 is 1.88 bits per heavy atom. The van der Waals surface area contributed by atoms with Crippen LogP contribution < -0.4 is 11.1 Å². The highest BCUT2D eigenvalue weighted by Crippen LogP contribution is 2.16. The van der Waals surface area contributed by atoms with E-state index in [1.165, 1.54) is 14.7 Å². The van der Waals surface area contributed by atoms with Crippen LogP contribution in [0.5, 0.6) is 0 Å². The zero-order chi connectivity index (χ0) is 30.6. The Balaban J connectivity index is 1.69. The van der Waals surface area contributed by atoms with E-state index in [0.717, 1.165) is 16.7 Å². The first kappa shape index (κ1) is 31.7. The van der Waals surface area contributed by atoms with Crippen LogP contribution in [-0.2, 0) is 38.7 Å². The van der Waals surface area contributed by atoms with E-state index in [-0.39, 0.29) is 56.9 Å². The summed E-state index contributed by atoms with van der Waals surface area (Å²) in [5.41, 5.74) is 8.18. The fourth-order valence-corrected chi connectivity index (χ4v) is 5.13. The Kier molecular flexibility index (Phi) is 11.7. The second-order valence-electron chi connectivity index (χ2n) is 10.7. The summed E-state index contributed by atoms with van der Waals surface area (Å²) in [5.74, 6) is -1.54. The van der Waals surface area contributed by atoms with Crippen molar-refractivity contribution in [2.45, 2.75) is 38.4 Å². The molecule has 3 aromatic rings. The number of unbranched alkanes of at least 4 members (excludes halogenated alkanes) is 1. The molecule has 1 aliphatic rings. The molecule has 43 heavy (non-hydrogen) atoms. The predicted molar refractivity (Wildman–Crippen MR) is 166 cm³/mol. The van der Waals surface area contributed by atoms with Gasteiger partial charge >= 0.3 is 0 Å². The molecule has 1 heterocycles. The van der Waals surface area contributed by atoms with Crippen LogP contribution in [0.15, 0.2) is 84.9 Å². The van der Waals surface area contributed by atoms with Crippen LogP contribution in [0.1, 0.15) is 29.5 Å². The maximum absolute atomic E-state index is 14.1. The average Bonchev–Trinajstić information content (AvgIpc) is 3.01. The van der Waals surface area contributed by atoms with Crippen molar-refractivity contribution in [3.05, 3.63) is 107 Å². The number of halogens is 1. The summed E-state index contributed by atoms with van der Waals surface area (Å²) in [6.45, 7) is 0.374. The zero-order valence-corrected chi connectivity index (χ0v) is 24.9. The van der Waals surface area contributed by atoms with Gasteiger partial charge in [-0.05, 0) is 48.2 Å². The normalized spacial score (nSPS) is 17.0. The second-order valence-corrected chi connectivity index (χ2v) is 11.1. The highest BCUT2D eigenvalue weighted by atomic mass is 35.5. The maximum Gasteiger partial charge on any atom is 0.246 e. The molecule has 0 saturated carbocycles. The van der Waals surface area contributed by atoms with Crippen LogP contribution in [0.3, 0.4) is 0 Å². The van der Waals surface area contributed by atoms with Gasteiger partial charge in [0.15, 0.2) is 0 Å². The SMILES string of the molecule is NCCCCN1CC(=O)N(Cc2ccccc2)CC(=O)N[C@@H](Cc2ccccc2)C(=O)N(Cc2ccc(Cl)cc2)CC1=O. The van der Waals surface area contributed by atoms with Gasteiger partial charge in [-0.3, -0.25) is 19.2 Å². The van der Waals surface area contributed by atoms with E-state index in [1.807, 2.05) is 60.7 Å². The van der Waals surface area contributed by atoms with E-state index in [1.54, 1.807) is 24.3 Å². The van der Waals surface area contributed by atoms with E-state index >= 15 is 0 Å². The molecule has 0 spiro atoms.